The molecule has 0 atom stereocenters. The van der Waals surface area contributed by atoms with Gasteiger partial charge in [-0.3, -0.25) is 4.79 Å². The number of carbonyl (C=O) groups is 1. The highest BCUT2D eigenvalue weighted by atomic mass is 16.5. The lowest BCUT2D eigenvalue weighted by Crippen LogP contribution is -2.20. The summed E-state index contributed by atoms with van der Waals surface area (Å²) in [5, 5.41) is 2.85. The van der Waals surface area contributed by atoms with Gasteiger partial charge in [0.15, 0.2) is 12.2 Å². The maximum atomic E-state index is 12.3. The van der Waals surface area contributed by atoms with E-state index in [0.29, 0.717) is 28.4 Å². The SMILES string of the molecule is Cc1ccc(-c2nc3cc(NC(=O)COc4ccc(C)c(C)c4)ccc3o2)c(C)c1. The van der Waals surface area contributed by atoms with Crippen LogP contribution in [-0.2, 0) is 4.79 Å². The zero-order valence-corrected chi connectivity index (χ0v) is 17.6. The normalized spacial score (nSPS) is 10.9. The molecule has 4 aromatic rings. The van der Waals surface area contributed by atoms with Crippen LogP contribution in [0.25, 0.3) is 22.6 Å². The summed E-state index contributed by atoms with van der Waals surface area (Å²) >= 11 is 0. The highest BCUT2D eigenvalue weighted by Gasteiger charge is 2.12. The van der Waals surface area contributed by atoms with E-state index < -0.39 is 0 Å². The van der Waals surface area contributed by atoms with Crippen molar-refractivity contribution in [2.45, 2.75) is 27.7 Å². The van der Waals surface area contributed by atoms with Crippen LogP contribution < -0.4 is 10.1 Å². The van der Waals surface area contributed by atoms with Crippen molar-refractivity contribution in [2.75, 3.05) is 11.9 Å². The van der Waals surface area contributed by atoms with Crippen molar-refractivity contribution < 1.29 is 13.9 Å². The Morgan fingerprint density at radius 1 is 0.933 bits per heavy atom. The molecule has 4 rings (SSSR count). The fourth-order valence-corrected chi connectivity index (χ4v) is 3.32. The molecule has 0 aliphatic carbocycles. The Balaban J connectivity index is 1.46. The van der Waals surface area contributed by atoms with Crippen molar-refractivity contribution in [2.24, 2.45) is 0 Å². The molecule has 0 bridgehead atoms. The number of ether oxygens (including phenoxy) is 1. The van der Waals surface area contributed by atoms with E-state index in [0.717, 1.165) is 16.7 Å². The maximum Gasteiger partial charge on any atom is 0.262 e. The summed E-state index contributed by atoms with van der Waals surface area (Å²) in [6.45, 7) is 8.09. The second-order valence-corrected chi connectivity index (χ2v) is 7.60. The van der Waals surface area contributed by atoms with Gasteiger partial charge in [-0.25, -0.2) is 4.98 Å². The minimum Gasteiger partial charge on any atom is -0.484 e. The zero-order valence-electron chi connectivity index (χ0n) is 17.6. The zero-order chi connectivity index (χ0) is 21.3. The summed E-state index contributed by atoms with van der Waals surface area (Å²) in [6, 6.07) is 17.4. The molecule has 5 nitrogen and oxygen atoms in total. The molecule has 5 heteroatoms. The van der Waals surface area contributed by atoms with E-state index in [1.165, 1.54) is 11.1 Å². The van der Waals surface area contributed by atoms with E-state index in [1.54, 1.807) is 12.1 Å². The van der Waals surface area contributed by atoms with Crippen LogP contribution in [0.1, 0.15) is 22.3 Å². The molecule has 152 valence electrons. The second kappa shape index (κ2) is 8.03. The molecule has 0 aliphatic rings. The molecule has 30 heavy (non-hydrogen) atoms. The van der Waals surface area contributed by atoms with E-state index in [9.17, 15) is 4.79 Å². The lowest BCUT2D eigenvalue weighted by Gasteiger charge is -2.09. The highest BCUT2D eigenvalue weighted by molar-refractivity contribution is 5.94. The first kappa shape index (κ1) is 19.7. The van der Waals surface area contributed by atoms with Crippen LogP contribution in [-0.4, -0.2) is 17.5 Å². The summed E-state index contributed by atoms with van der Waals surface area (Å²) in [4.78, 5) is 16.9. The molecule has 1 amide bonds. The topological polar surface area (TPSA) is 64.4 Å². The number of rotatable bonds is 5. The number of benzene rings is 3. The Morgan fingerprint density at radius 2 is 1.77 bits per heavy atom. The fourth-order valence-electron chi connectivity index (χ4n) is 3.32. The number of nitrogens with one attached hydrogen (secondary N) is 1. The van der Waals surface area contributed by atoms with Crippen molar-refractivity contribution in [1.29, 1.82) is 0 Å². The molecule has 1 N–H and O–H groups in total. The van der Waals surface area contributed by atoms with Gasteiger partial charge in [0.25, 0.3) is 5.91 Å². The lowest BCUT2D eigenvalue weighted by molar-refractivity contribution is -0.118. The van der Waals surface area contributed by atoms with Crippen molar-refractivity contribution >= 4 is 22.7 Å². The largest absolute Gasteiger partial charge is 0.484 e. The molecule has 0 saturated heterocycles. The first-order valence-corrected chi connectivity index (χ1v) is 9.87. The fraction of sp³-hybridized carbons (Fsp3) is 0.200. The second-order valence-electron chi connectivity index (χ2n) is 7.60. The van der Waals surface area contributed by atoms with Crippen LogP contribution in [0.4, 0.5) is 5.69 Å². The Kier molecular flexibility index (Phi) is 5.27. The van der Waals surface area contributed by atoms with Gasteiger partial charge in [0, 0.05) is 11.3 Å². The Bertz CT molecular complexity index is 1240. The predicted octanol–water partition coefficient (Wildman–Crippen LogP) is 5.75. The van der Waals surface area contributed by atoms with Gasteiger partial charge in [-0.15, -0.1) is 0 Å². The van der Waals surface area contributed by atoms with E-state index >= 15 is 0 Å². The molecule has 0 radical (unpaired) electrons. The minimum absolute atomic E-state index is 0.0623. The van der Waals surface area contributed by atoms with Crippen LogP contribution in [0.3, 0.4) is 0 Å². The van der Waals surface area contributed by atoms with Gasteiger partial charge in [0.1, 0.15) is 11.3 Å². The number of aryl methyl sites for hydroxylation is 4. The molecule has 0 spiro atoms. The van der Waals surface area contributed by atoms with Gasteiger partial charge in [0.2, 0.25) is 5.89 Å². The molecule has 0 saturated carbocycles. The van der Waals surface area contributed by atoms with Gasteiger partial charge in [-0.05, 0) is 80.8 Å². The summed E-state index contributed by atoms with van der Waals surface area (Å²) in [5.74, 6) is 1.02. The van der Waals surface area contributed by atoms with Crippen LogP contribution in [0.2, 0.25) is 0 Å². The number of aromatic nitrogens is 1. The monoisotopic (exact) mass is 400 g/mol. The smallest absolute Gasteiger partial charge is 0.262 e. The number of hydrogen-bond donors (Lipinski definition) is 1. The van der Waals surface area contributed by atoms with Crippen LogP contribution >= 0.6 is 0 Å². The van der Waals surface area contributed by atoms with Crippen molar-refractivity contribution in [1.82, 2.24) is 4.98 Å². The number of nitrogens with zero attached hydrogens (tertiary/aromatic N) is 1. The molecular formula is C25H24N2O3. The Labute approximate surface area is 175 Å². The summed E-state index contributed by atoms with van der Waals surface area (Å²) in [6.07, 6.45) is 0. The first-order chi connectivity index (χ1) is 14.4. The number of hydrogen-bond acceptors (Lipinski definition) is 4. The molecule has 3 aromatic carbocycles. The number of anilines is 1. The number of amides is 1. The average Bonchev–Trinajstić information content (AvgIpc) is 3.12. The third kappa shape index (κ3) is 4.20. The third-order valence-electron chi connectivity index (χ3n) is 5.13. The summed E-state index contributed by atoms with van der Waals surface area (Å²) < 4.78 is 11.5. The summed E-state index contributed by atoms with van der Waals surface area (Å²) in [5.41, 5.74) is 7.60. The number of oxazole rings is 1. The van der Waals surface area contributed by atoms with E-state index in [4.69, 9.17) is 9.15 Å². The minimum atomic E-state index is -0.231. The quantitative estimate of drug-likeness (QED) is 0.463. The van der Waals surface area contributed by atoms with Gasteiger partial charge in [-0.1, -0.05) is 23.8 Å². The average molecular weight is 400 g/mol. The van der Waals surface area contributed by atoms with E-state index in [-0.39, 0.29) is 12.5 Å². The molecule has 1 aromatic heterocycles. The molecule has 1 heterocycles. The highest BCUT2D eigenvalue weighted by Crippen LogP contribution is 2.28. The number of fused-ring (bicyclic) bond motifs is 1. The van der Waals surface area contributed by atoms with Gasteiger partial charge in [-0.2, -0.15) is 0 Å². The maximum absolute atomic E-state index is 12.3. The van der Waals surface area contributed by atoms with Crippen LogP contribution in [0.15, 0.2) is 59.0 Å². The first-order valence-electron chi connectivity index (χ1n) is 9.87. The van der Waals surface area contributed by atoms with Crippen LogP contribution in [0, 0.1) is 27.7 Å². The number of carbonyl (C=O) groups excluding carboxylic acids is 1. The van der Waals surface area contributed by atoms with Crippen molar-refractivity contribution in [3.8, 4) is 17.2 Å². The van der Waals surface area contributed by atoms with Gasteiger partial charge < -0.3 is 14.5 Å². The van der Waals surface area contributed by atoms with Crippen molar-refractivity contribution in [3.63, 3.8) is 0 Å². The predicted molar refractivity (Wildman–Crippen MR) is 119 cm³/mol. The summed E-state index contributed by atoms with van der Waals surface area (Å²) in [7, 11) is 0. The van der Waals surface area contributed by atoms with Gasteiger partial charge >= 0.3 is 0 Å². The Morgan fingerprint density at radius 3 is 2.53 bits per heavy atom. The standard InChI is InChI=1S/C25H24N2O3/c1-15-5-9-21(18(4)11-15)25-27-22-13-19(7-10-23(22)30-25)26-24(28)14-29-20-8-6-16(2)17(3)12-20/h5-13H,14H2,1-4H3,(H,26,28). The van der Waals surface area contributed by atoms with Gasteiger partial charge in [0.05, 0.1) is 0 Å². The molecular weight excluding hydrogens is 376 g/mol. The molecule has 0 aliphatic heterocycles. The van der Waals surface area contributed by atoms with Crippen LogP contribution in [0.5, 0.6) is 5.75 Å². The molecule has 0 unspecified atom stereocenters. The lowest BCUT2D eigenvalue weighted by atomic mass is 10.1. The van der Waals surface area contributed by atoms with E-state index in [1.807, 2.05) is 57.2 Å². The van der Waals surface area contributed by atoms with Crippen molar-refractivity contribution in [3.05, 3.63) is 76.9 Å². The Hall–Kier alpha value is -3.60. The van der Waals surface area contributed by atoms with E-state index in [2.05, 4.69) is 23.3 Å². The molecule has 0 fully saturated rings. The third-order valence-corrected chi connectivity index (χ3v) is 5.13.